The number of benzene rings is 1. The number of carboxylic acid groups (broad SMARTS) is 1. The molecule has 128 valence electrons. The summed E-state index contributed by atoms with van der Waals surface area (Å²) in [5.41, 5.74) is 0.768. The summed E-state index contributed by atoms with van der Waals surface area (Å²) in [5, 5.41) is 9.30. The molecular weight excluding hydrogens is 316 g/mol. The second-order valence-electron chi connectivity index (χ2n) is 5.82. The van der Waals surface area contributed by atoms with Gasteiger partial charge in [-0.15, -0.1) is 0 Å². The Morgan fingerprint density at radius 1 is 1.17 bits per heavy atom. The van der Waals surface area contributed by atoms with Crippen LogP contribution in [0, 0.1) is 0 Å². The van der Waals surface area contributed by atoms with Gasteiger partial charge in [-0.3, -0.25) is 9.69 Å². The molecular formula is C16H24N2O4S. The number of carbonyl (C=O) groups is 1. The van der Waals surface area contributed by atoms with E-state index in [-0.39, 0.29) is 5.75 Å². The first-order valence-electron chi connectivity index (χ1n) is 7.92. The smallest absolute Gasteiger partial charge is 0.320 e. The summed E-state index contributed by atoms with van der Waals surface area (Å²) in [4.78, 5) is 13.2. The van der Waals surface area contributed by atoms with Crippen molar-refractivity contribution in [2.75, 3.05) is 26.2 Å². The topological polar surface area (TPSA) is 77.9 Å². The van der Waals surface area contributed by atoms with Gasteiger partial charge in [0, 0.05) is 26.2 Å². The molecule has 1 saturated heterocycles. The van der Waals surface area contributed by atoms with Gasteiger partial charge in [-0.25, -0.2) is 8.42 Å². The molecule has 1 aromatic rings. The van der Waals surface area contributed by atoms with Crippen LogP contribution in [0.25, 0.3) is 0 Å². The highest BCUT2D eigenvalue weighted by Gasteiger charge is 2.32. The molecule has 0 amide bonds. The molecule has 1 unspecified atom stereocenters. The molecule has 0 spiro atoms. The SMILES string of the molecule is CCCC(C(=O)O)N1CCN(S(=O)(=O)Cc2ccccc2)CC1. The Hall–Kier alpha value is -1.44. The Labute approximate surface area is 137 Å². The molecule has 2 rings (SSSR count). The van der Waals surface area contributed by atoms with E-state index in [2.05, 4.69) is 0 Å². The van der Waals surface area contributed by atoms with Crippen molar-refractivity contribution in [1.29, 1.82) is 0 Å². The van der Waals surface area contributed by atoms with Crippen molar-refractivity contribution in [3.8, 4) is 0 Å². The van der Waals surface area contributed by atoms with E-state index >= 15 is 0 Å². The number of hydrogen-bond donors (Lipinski definition) is 1. The largest absolute Gasteiger partial charge is 0.480 e. The Bertz CT molecular complexity index is 610. The number of sulfonamides is 1. The lowest BCUT2D eigenvalue weighted by Gasteiger charge is -2.37. The van der Waals surface area contributed by atoms with Crippen LogP contribution in [0.5, 0.6) is 0 Å². The first-order chi connectivity index (χ1) is 10.9. The molecule has 0 aliphatic carbocycles. The van der Waals surface area contributed by atoms with Gasteiger partial charge in [-0.2, -0.15) is 4.31 Å². The number of nitrogens with zero attached hydrogens (tertiary/aromatic N) is 2. The molecule has 1 atom stereocenters. The molecule has 0 radical (unpaired) electrons. The standard InChI is InChI=1S/C16H24N2O4S/c1-2-6-15(16(19)20)17-9-11-18(12-10-17)23(21,22)13-14-7-4-3-5-8-14/h3-5,7-8,15H,2,6,9-13H2,1H3,(H,19,20). The Morgan fingerprint density at radius 2 is 1.78 bits per heavy atom. The average Bonchev–Trinajstić information content (AvgIpc) is 2.53. The summed E-state index contributed by atoms with van der Waals surface area (Å²) < 4.78 is 26.4. The van der Waals surface area contributed by atoms with Crippen molar-refractivity contribution in [2.45, 2.75) is 31.6 Å². The maximum absolute atomic E-state index is 12.5. The van der Waals surface area contributed by atoms with E-state index in [0.29, 0.717) is 32.6 Å². The van der Waals surface area contributed by atoms with Gasteiger partial charge in [-0.05, 0) is 12.0 Å². The third kappa shape index (κ3) is 4.76. The first-order valence-corrected chi connectivity index (χ1v) is 9.53. The first kappa shape index (κ1) is 17.9. The maximum atomic E-state index is 12.5. The van der Waals surface area contributed by atoms with Gasteiger partial charge in [-0.1, -0.05) is 43.7 Å². The second-order valence-corrected chi connectivity index (χ2v) is 7.79. The highest BCUT2D eigenvalue weighted by Crippen LogP contribution is 2.16. The third-order valence-electron chi connectivity index (χ3n) is 4.15. The number of aliphatic carboxylic acids is 1. The van der Waals surface area contributed by atoms with Crippen molar-refractivity contribution in [2.24, 2.45) is 0 Å². The monoisotopic (exact) mass is 340 g/mol. The zero-order valence-corrected chi connectivity index (χ0v) is 14.2. The molecule has 1 aliphatic heterocycles. The van der Waals surface area contributed by atoms with Crippen LogP contribution in [-0.4, -0.2) is 60.9 Å². The number of carboxylic acids is 1. The van der Waals surface area contributed by atoms with Crippen molar-refractivity contribution in [3.05, 3.63) is 35.9 Å². The molecule has 1 fully saturated rings. The lowest BCUT2D eigenvalue weighted by Crippen LogP contribution is -2.54. The molecule has 1 N–H and O–H groups in total. The molecule has 1 heterocycles. The quantitative estimate of drug-likeness (QED) is 0.811. The van der Waals surface area contributed by atoms with Crippen LogP contribution in [0.2, 0.25) is 0 Å². The van der Waals surface area contributed by atoms with Gasteiger partial charge in [0.15, 0.2) is 0 Å². The fourth-order valence-corrected chi connectivity index (χ4v) is 4.42. The van der Waals surface area contributed by atoms with Gasteiger partial charge < -0.3 is 5.11 Å². The van der Waals surface area contributed by atoms with E-state index in [1.54, 1.807) is 12.1 Å². The van der Waals surface area contributed by atoms with E-state index in [9.17, 15) is 18.3 Å². The normalized spacial score (nSPS) is 18.7. The van der Waals surface area contributed by atoms with Gasteiger partial charge >= 0.3 is 5.97 Å². The fourth-order valence-electron chi connectivity index (χ4n) is 2.91. The third-order valence-corrected chi connectivity index (χ3v) is 6.00. The van der Waals surface area contributed by atoms with Crippen molar-refractivity contribution in [3.63, 3.8) is 0 Å². The molecule has 23 heavy (non-hydrogen) atoms. The van der Waals surface area contributed by atoms with E-state index < -0.39 is 22.0 Å². The number of hydrogen-bond acceptors (Lipinski definition) is 4. The predicted molar refractivity (Wildman–Crippen MR) is 88.5 cm³/mol. The average molecular weight is 340 g/mol. The summed E-state index contributed by atoms with van der Waals surface area (Å²) >= 11 is 0. The molecule has 1 aliphatic rings. The van der Waals surface area contributed by atoms with Crippen LogP contribution in [0.4, 0.5) is 0 Å². The summed E-state index contributed by atoms with van der Waals surface area (Å²) in [6.45, 7) is 3.58. The molecule has 7 heteroatoms. The Morgan fingerprint density at radius 3 is 2.30 bits per heavy atom. The highest BCUT2D eigenvalue weighted by atomic mass is 32.2. The second kappa shape index (κ2) is 7.90. The van der Waals surface area contributed by atoms with Crippen molar-refractivity contribution < 1.29 is 18.3 Å². The van der Waals surface area contributed by atoms with E-state index in [1.165, 1.54) is 4.31 Å². The molecule has 6 nitrogen and oxygen atoms in total. The van der Waals surface area contributed by atoms with E-state index in [4.69, 9.17) is 0 Å². The highest BCUT2D eigenvalue weighted by molar-refractivity contribution is 7.88. The number of rotatable bonds is 7. The molecule has 0 aromatic heterocycles. The Balaban J connectivity index is 1.96. The van der Waals surface area contributed by atoms with Gasteiger partial charge in [0.2, 0.25) is 10.0 Å². The maximum Gasteiger partial charge on any atom is 0.320 e. The van der Waals surface area contributed by atoms with Crippen LogP contribution in [0.3, 0.4) is 0 Å². The van der Waals surface area contributed by atoms with Crippen LogP contribution in [-0.2, 0) is 20.6 Å². The van der Waals surface area contributed by atoms with Crippen molar-refractivity contribution >= 4 is 16.0 Å². The van der Waals surface area contributed by atoms with Gasteiger partial charge in [0.25, 0.3) is 0 Å². The molecule has 0 bridgehead atoms. The van der Waals surface area contributed by atoms with Crippen molar-refractivity contribution in [1.82, 2.24) is 9.21 Å². The Kier molecular flexibility index (Phi) is 6.15. The lowest BCUT2D eigenvalue weighted by molar-refractivity contribution is -0.144. The zero-order valence-electron chi connectivity index (χ0n) is 13.4. The molecule has 0 saturated carbocycles. The molecule has 1 aromatic carbocycles. The summed E-state index contributed by atoms with van der Waals surface area (Å²) in [6.07, 6.45) is 1.38. The van der Waals surface area contributed by atoms with Crippen LogP contribution in [0.15, 0.2) is 30.3 Å². The van der Waals surface area contributed by atoms with Crippen LogP contribution < -0.4 is 0 Å². The zero-order chi connectivity index (χ0) is 16.9. The minimum absolute atomic E-state index is 0.00877. The lowest BCUT2D eigenvalue weighted by atomic mass is 10.1. The summed E-state index contributed by atoms with van der Waals surface area (Å²) in [5.74, 6) is -0.835. The van der Waals surface area contributed by atoms with E-state index in [1.807, 2.05) is 30.0 Å². The minimum Gasteiger partial charge on any atom is -0.480 e. The van der Waals surface area contributed by atoms with Gasteiger partial charge in [0.05, 0.1) is 5.75 Å². The summed E-state index contributed by atoms with van der Waals surface area (Å²) in [6, 6.07) is 8.59. The van der Waals surface area contributed by atoms with Crippen LogP contribution in [0.1, 0.15) is 25.3 Å². The fraction of sp³-hybridized carbons (Fsp3) is 0.562. The minimum atomic E-state index is -3.36. The predicted octanol–water partition coefficient (Wildman–Crippen LogP) is 1.39. The summed E-state index contributed by atoms with van der Waals surface area (Å²) in [7, 11) is -3.36. The van der Waals surface area contributed by atoms with Crippen LogP contribution >= 0.6 is 0 Å². The number of piperazine rings is 1. The van der Waals surface area contributed by atoms with E-state index in [0.717, 1.165) is 12.0 Å². The van der Waals surface area contributed by atoms with Gasteiger partial charge in [0.1, 0.15) is 6.04 Å².